The van der Waals surface area contributed by atoms with Crippen LogP contribution >= 0.6 is 0 Å². The van der Waals surface area contributed by atoms with E-state index in [1.165, 1.54) is 4.90 Å². The molecule has 0 aromatic carbocycles. The Hall–Kier alpha value is -1.85. The molecule has 1 aromatic rings. The number of piperidine rings is 1. The maximum atomic E-state index is 12.6. The monoisotopic (exact) mass is 293 g/mol. The second-order valence-electron chi connectivity index (χ2n) is 5.59. The molecule has 1 amide bonds. The molecule has 1 unspecified atom stereocenters. The highest BCUT2D eigenvalue weighted by Crippen LogP contribution is 2.21. The SMILES string of the molecule is CCCCn1cc(C(=O)N2CCCCC2C(=O)O)c(C)n1. The van der Waals surface area contributed by atoms with E-state index >= 15 is 0 Å². The van der Waals surface area contributed by atoms with Crippen LogP contribution in [0.25, 0.3) is 0 Å². The van der Waals surface area contributed by atoms with Gasteiger partial charge >= 0.3 is 5.97 Å². The minimum atomic E-state index is -0.918. The minimum Gasteiger partial charge on any atom is -0.480 e. The number of carboxylic acid groups (broad SMARTS) is 1. The van der Waals surface area contributed by atoms with Crippen LogP contribution in [0.5, 0.6) is 0 Å². The fraction of sp³-hybridized carbons (Fsp3) is 0.667. The van der Waals surface area contributed by atoms with E-state index in [-0.39, 0.29) is 5.91 Å². The summed E-state index contributed by atoms with van der Waals surface area (Å²) in [5, 5.41) is 13.6. The van der Waals surface area contributed by atoms with Crippen LogP contribution in [0.1, 0.15) is 55.1 Å². The maximum Gasteiger partial charge on any atom is 0.326 e. The average Bonchev–Trinajstić information content (AvgIpc) is 2.85. The normalized spacial score (nSPS) is 18.8. The zero-order valence-corrected chi connectivity index (χ0v) is 12.7. The minimum absolute atomic E-state index is 0.206. The van der Waals surface area contributed by atoms with E-state index in [0.29, 0.717) is 24.2 Å². The standard InChI is InChI=1S/C15H23N3O3/c1-3-4-8-17-10-12(11(2)16-17)14(19)18-9-6-5-7-13(18)15(20)21/h10,13H,3-9H2,1-2H3,(H,20,21). The molecule has 0 saturated carbocycles. The fourth-order valence-electron chi connectivity index (χ4n) is 2.75. The molecule has 0 spiro atoms. The third-order valence-electron chi connectivity index (χ3n) is 3.97. The van der Waals surface area contributed by atoms with Gasteiger partial charge in [0.1, 0.15) is 6.04 Å². The Balaban J connectivity index is 2.18. The summed E-state index contributed by atoms with van der Waals surface area (Å²) in [4.78, 5) is 25.4. The van der Waals surface area contributed by atoms with E-state index in [0.717, 1.165) is 32.2 Å². The zero-order chi connectivity index (χ0) is 15.4. The molecule has 6 nitrogen and oxygen atoms in total. The lowest BCUT2D eigenvalue weighted by Gasteiger charge is -2.32. The van der Waals surface area contributed by atoms with Gasteiger partial charge in [0.25, 0.3) is 5.91 Å². The Labute approximate surface area is 124 Å². The highest BCUT2D eigenvalue weighted by Gasteiger charge is 2.33. The van der Waals surface area contributed by atoms with Crippen LogP contribution in [-0.4, -0.2) is 44.3 Å². The average molecular weight is 293 g/mol. The highest BCUT2D eigenvalue weighted by atomic mass is 16.4. The van der Waals surface area contributed by atoms with Crippen molar-refractivity contribution in [3.63, 3.8) is 0 Å². The van der Waals surface area contributed by atoms with Crippen molar-refractivity contribution in [2.45, 2.75) is 58.5 Å². The Morgan fingerprint density at radius 2 is 2.19 bits per heavy atom. The molecule has 21 heavy (non-hydrogen) atoms. The molecule has 6 heteroatoms. The van der Waals surface area contributed by atoms with Crippen molar-refractivity contribution in [1.29, 1.82) is 0 Å². The summed E-state index contributed by atoms with van der Waals surface area (Å²) in [5.41, 5.74) is 1.20. The molecule has 1 aliphatic rings. The van der Waals surface area contributed by atoms with Crippen molar-refractivity contribution in [2.75, 3.05) is 6.54 Å². The quantitative estimate of drug-likeness (QED) is 0.901. The summed E-state index contributed by atoms with van der Waals surface area (Å²) in [7, 11) is 0. The Kier molecular flexibility index (Phi) is 4.98. The number of rotatable bonds is 5. The van der Waals surface area contributed by atoms with Crippen molar-refractivity contribution >= 4 is 11.9 Å². The van der Waals surface area contributed by atoms with Gasteiger partial charge in [-0.2, -0.15) is 5.10 Å². The summed E-state index contributed by atoms with van der Waals surface area (Å²) < 4.78 is 1.78. The summed E-state index contributed by atoms with van der Waals surface area (Å²) in [5.74, 6) is -1.12. The lowest BCUT2D eigenvalue weighted by Crippen LogP contribution is -2.48. The molecule has 2 rings (SSSR count). The van der Waals surface area contributed by atoms with E-state index in [1.807, 2.05) is 0 Å². The number of nitrogens with zero attached hydrogens (tertiary/aromatic N) is 3. The van der Waals surface area contributed by atoms with Gasteiger partial charge in [-0.3, -0.25) is 9.48 Å². The molecule has 0 bridgehead atoms. The van der Waals surface area contributed by atoms with Gasteiger partial charge in [0.15, 0.2) is 0 Å². The van der Waals surface area contributed by atoms with Gasteiger partial charge < -0.3 is 10.0 Å². The number of carbonyl (C=O) groups is 2. The number of aryl methyl sites for hydroxylation is 2. The first-order valence-corrected chi connectivity index (χ1v) is 7.62. The molecule has 0 radical (unpaired) electrons. The first-order valence-electron chi connectivity index (χ1n) is 7.62. The number of aliphatic carboxylic acids is 1. The predicted octanol–water partition coefficient (Wildman–Crippen LogP) is 2.07. The Morgan fingerprint density at radius 3 is 2.86 bits per heavy atom. The first-order chi connectivity index (χ1) is 10.0. The highest BCUT2D eigenvalue weighted by molar-refractivity contribution is 5.97. The second kappa shape index (κ2) is 6.74. The van der Waals surface area contributed by atoms with Gasteiger partial charge in [0, 0.05) is 19.3 Å². The second-order valence-corrected chi connectivity index (χ2v) is 5.59. The van der Waals surface area contributed by atoms with Crippen LogP contribution in [0.4, 0.5) is 0 Å². The van der Waals surface area contributed by atoms with Crippen LogP contribution in [0.2, 0.25) is 0 Å². The van der Waals surface area contributed by atoms with Crippen LogP contribution < -0.4 is 0 Å². The first kappa shape index (κ1) is 15.5. The number of carbonyl (C=O) groups excluding carboxylic acids is 1. The molecule has 1 saturated heterocycles. The number of carboxylic acids is 1. The molecule has 1 N–H and O–H groups in total. The number of aromatic nitrogens is 2. The molecule has 0 aliphatic carbocycles. The molecular formula is C15H23N3O3. The maximum absolute atomic E-state index is 12.6. The number of hydrogen-bond donors (Lipinski definition) is 1. The Morgan fingerprint density at radius 1 is 1.43 bits per heavy atom. The van der Waals surface area contributed by atoms with Gasteiger partial charge in [-0.25, -0.2) is 4.79 Å². The molecule has 2 heterocycles. The topological polar surface area (TPSA) is 75.4 Å². The van der Waals surface area contributed by atoms with Crippen molar-refractivity contribution in [3.05, 3.63) is 17.5 Å². The Bertz CT molecular complexity index is 524. The third kappa shape index (κ3) is 3.43. The van der Waals surface area contributed by atoms with Crippen molar-refractivity contribution < 1.29 is 14.7 Å². The summed E-state index contributed by atoms with van der Waals surface area (Å²) in [6.45, 7) is 5.20. The summed E-state index contributed by atoms with van der Waals surface area (Å²) in [6.07, 6.45) is 6.07. The van der Waals surface area contributed by atoms with Crippen LogP contribution in [-0.2, 0) is 11.3 Å². The van der Waals surface area contributed by atoms with E-state index in [9.17, 15) is 14.7 Å². The molecule has 1 fully saturated rings. The predicted molar refractivity (Wildman–Crippen MR) is 78.2 cm³/mol. The van der Waals surface area contributed by atoms with E-state index in [4.69, 9.17) is 0 Å². The van der Waals surface area contributed by atoms with Crippen molar-refractivity contribution in [1.82, 2.24) is 14.7 Å². The van der Waals surface area contributed by atoms with Crippen molar-refractivity contribution in [2.24, 2.45) is 0 Å². The number of hydrogen-bond acceptors (Lipinski definition) is 3. The van der Waals surface area contributed by atoms with E-state index in [2.05, 4.69) is 12.0 Å². The molecule has 116 valence electrons. The van der Waals surface area contributed by atoms with Gasteiger partial charge in [-0.1, -0.05) is 13.3 Å². The van der Waals surface area contributed by atoms with Crippen molar-refractivity contribution in [3.8, 4) is 0 Å². The number of unbranched alkanes of at least 4 members (excludes halogenated alkanes) is 1. The summed E-state index contributed by atoms with van der Waals surface area (Å²) in [6, 6.07) is -0.704. The lowest BCUT2D eigenvalue weighted by molar-refractivity contribution is -0.143. The fourth-order valence-corrected chi connectivity index (χ4v) is 2.75. The van der Waals surface area contributed by atoms with Crippen LogP contribution in [0.15, 0.2) is 6.20 Å². The molecule has 1 aliphatic heterocycles. The van der Waals surface area contributed by atoms with E-state index < -0.39 is 12.0 Å². The number of likely N-dealkylation sites (tertiary alicyclic amines) is 1. The van der Waals surface area contributed by atoms with Crippen LogP contribution in [0, 0.1) is 6.92 Å². The summed E-state index contributed by atoms with van der Waals surface area (Å²) >= 11 is 0. The van der Waals surface area contributed by atoms with E-state index in [1.54, 1.807) is 17.8 Å². The zero-order valence-electron chi connectivity index (χ0n) is 12.7. The smallest absolute Gasteiger partial charge is 0.326 e. The molecular weight excluding hydrogens is 270 g/mol. The van der Waals surface area contributed by atoms with Gasteiger partial charge in [-0.05, 0) is 32.6 Å². The van der Waals surface area contributed by atoms with Crippen LogP contribution in [0.3, 0.4) is 0 Å². The van der Waals surface area contributed by atoms with Gasteiger partial charge in [0.05, 0.1) is 11.3 Å². The molecule has 1 atom stereocenters. The van der Waals surface area contributed by atoms with Gasteiger partial charge in [0.2, 0.25) is 0 Å². The number of amides is 1. The molecule has 1 aromatic heterocycles. The van der Waals surface area contributed by atoms with Gasteiger partial charge in [-0.15, -0.1) is 0 Å². The largest absolute Gasteiger partial charge is 0.480 e. The lowest BCUT2D eigenvalue weighted by atomic mass is 10.0. The third-order valence-corrected chi connectivity index (χ3v) is 3.97.